The van der Waals surface area contributed by atoms with Crippen molar-refractivity contribution in [3.8, 4) is 0 Å². The smallest absolute Gasteiger partial charge is 0.0329 e. The monoisotopic (exact) mass is 215 g/mol. The molecule has 86 valence electrons. The lowest BCUT2D eigenvalue weighted by Gasteiger charge is -2.19. The van der Waals surface area contributed by atoms with E-state index in [0.29, 0.717) is 12.0 Å². The van der Waals surface area contributed by atoms with E-state index in [1.807, 2.05) is 0 Å². The second-order valence-electron chi connectivity index (χ2n) is 5.57. The Labute approximate surface area is 98.0 Å². The van der Waals surface area contributed by atoms with Gasteiger partial charge in [-0.25, -0.2) is 0 Å². The van der Waals surface area contributed by atoms with Gasteiger partial charge < -0.3 is 5.73 Å². The van der Waals surface area contributed by atoms with Crippen molar-refractivity contribution in [2.75, 3.05) is 0 Å². The molecule has 0 aliphatic heterocycles. The molecule has 3 rings (SSSR count). The fourth-order valence-corrected chi connectivity index (χ4v) is 3.61. The molecule has 2 aliphatic carbocycles. The molecule has 0 bridgehead atoms. The first kappa shape index (κ1) is 10.3. The van der Waals surface area contributed by atoms with Crippen molar-refractivity contribution < 1.29 is 0 Å². The molecular formula is C15H21N. The first-order chi connectivity index (χ1) is 7.84. The average molecular weight is 215 g/mol. The predicted molar refractivity (Wildman–Crippen MR) is 67.1 cm³/mol. The van der Waals surface area contributed by atoms with Crippen LogP contribution in [0.25, 0.3) is 0 Å². The molecule has 1 aromatic carbocycles. The maximum atomic E-state index is 6.37. The van der Waals surface area contributed by atoms with Crippen molar-refractivity contribution in [3.05, 3.63) is 35.4 Å². The number of hydrogen-bond acceptors (Lipinski definition) is 1. The highest BCUT2D eigenvalue weighted by molar-refractivity contribution is 5.35. The summed E-state index contributed by atoms with van der Waals surface area (Å²) in [6.07, 6.45) is 8.35. The van der Waals surface area contributed by atoms with E-state index in [-0.39, 0.29) is 0 Å². The van der Waals surface area contributed by atoms with Gasteiger partial charge in [0.05, 0.1) is 0 Å². The molecule has 1 nitrogen and oxygen atoms in total. The molecule has 16 heavy (non-hydrogen) atoms. The second kappa shape index (κ2) is 4.21. The highest BCUT2D eigenvalue weighted by atomic mass is 14.7. The third-order valence-corrected chi connectivity index (χ3v) is 4.52. The average Bonchev–Trinajstić information content (AvgIpc) is 2.90. The maximum Gasteiger partial charge on any atom is 0.0329 e. The lowest BCUT2D eigenvalue weighted by molar-refractivity contribution is 0.346. The Morgan fingerprint density at radius 3 is 2.62 bits per heavy atom. The number of fused-ring (bicyclic) bond motifs is 1. The predicted octanol–water partition coefficient (Wildman–Crippen LogP) is 3.44. The van der Waals surface area contributed by atoms with Crippen LogP contribution in [0.15, 0.2) is 24.3 Å². The minimum absolute atomic E-state index is 0.303. The van der Waals surface area contributed by atoms with Gasteiger partial charge in [-0.15, -0.1) is 0 Å². The number of nitrogens with two attached hydrogens (primary N) is 1. The van der Waals surface area contributed by atoms with Crippen LogP contribution in [-0.4, -0.2) is 0 Å². The Morgan fingerprint density at radius 2 is 1.88 bits per heavy atom. The fraction of sp³-hybridized carbons (Fsp3) is 0.600. The van der Waals surface area contributed by atoms with Crippen LogP contribution in [0.3, 0.4) is 0 Å². The zero-order valence-corrected chi connectivity index (χ0v) is 9.86. The van der Waals surface area contributed by atoms with Gasteiger partial charge in [0.25, 0.3) is 0 Å². The van der Waals surface area contributed by atoms with Gasteiger partial charge in [0.2, 0.25) is 0 Å². The van der Waals surface area contributed by atoms with E-state index in [1.165, 1.54) is 49.7 Å². The summed E-state index contributed by atoms with van der Waals surface area (Å²) < 4.78 is 0. The van der Waals surface area contributed by atoms with Crippen LogP contribution in [0, 0.1) is 11.8 Å². The zero-order valence-electron chi connectivity index (χ0n) is 9.86. The van der Waals surface area contributed by atoms with Gasteiger partial charge in [0.1, 0.15) is 0 Å². The summed E-state index contributed by atoms with van der Waals surface area (Å²) in [6.45, 7) is 0. The first-order valence-corrected chi connectivity index (χ1v) is 6.68. The summed E-state index contributed by atoms with van der Waals surface area (Å²) >= 11 is 0. The van der Waals surface area contributed by atoms with Crippen molar-refractivity contribution >= 4 is 0 Å². The zero-order chi connectivity index (χ0) is 11.0. The first-order valence-electron chi connectivity index (χ1n) is 6.68. The molecule has 1 heteroatoms. The van der Waals surface area contributed by atoms with Crippen LogP contribution in [0.5, 0.6) is 0 Å². The maximum absolute atomic E-state index is 6.37. The van der Waals surface area contributed by atoms with Gasteiger partial charge in [0.15, 0.2) is 0 Å². The van der Waals surface area contributed by atoms with Crippen molar-refractivity contribution in [1.29, 1.82) is 0 Å². The summed E-state index contributed by atoms with van der Waals surface area (Å²) in [5.74, 6) is 1.67. The standard InChI is InChI=1S/C15H21N/c16-15-13(9-11-5-1-2-6-11)10-12-7-3-4-8-14(12)15/h3-4,7-8,11,13,15H,1-2,5-6,9-10,16H2. The number of benzene rings is 1. The quantitative estimate of drug-likeness (QED) is 0.803. The third-order valence-electron chi connectivity index (χ3n) is 4.52. The molecule has 0 aromatic heterocycles. The Balaban J connectivity index is 1.71. The van der Waals surface area contributed by atoms with Crippen molar-refractivity contribution in [2.24, 2.45) is 17.6 Å². The largest absolute Gasteiger partial charge is 0.324 e. The lowest BCUT2D eigenvalue weighted by atomic mass is 9.89. The highest BCUT2D eigenvalue weighted by Crippen LogP contribution is 2.40. The van der Waals surface area contributed by atoms with Crippen LogP contribution in [-0.2, 0) is 6.42 Å². The van der Waals surface area contributed by atoms with E-state index in [0.717, 1.165) is 5.92 Å². The Kier molecular flexibility index (Phi) is 2.72. The molecule has 0 heterocycles. The molecule has 0 spiro atoms. The molecule has 1 aromatic rings. The summed E-state index contributed by atoms with van der Waals surface area (Å²) in [5.41, 5.74) is 9.27. The normalized spacial score (nSPS) is 29.6. The Morgan fingerprint density at radius 1 is 1.12 bits per heavy atom. The molecule has 2 unspecified atom stereocenters. The van der Waals surface area contributed by atoms with E-state index in [4.69, 9.17) is 5.73 Å². The molecule has 0 amide bonds. The van der Waals surface area contributed by atoms with Crippen LogP contribution < -0.4 is 5.73 Å². The van der Waals surface area contributed by atoms with Crippen molar-refractivity contribution in [3.63, 3.8) is 0 Å². The second-order valence-corrected chi connectivity index (χ2v) is 5.57. The fourth-order valence-electron chi connectivity index (χ4n) is 3.61. The van der Waals surface area contributed by atoms with Gasteiger partial charge >= 0.3 is 0 Å². The molecule has 2 N–H and O–H groups in total. The van der Waals surface area contributed by atoms with E-state index < -0.39 is 0 Å². The SMILES string of the molecule is NC1c2ccccc2CC1CC1CCCC1. The molecule has 0 radical (unpaired) electrons. The van der Waals surface area contributed by atoms with Gasteiger partial charge in [-0.1, -0.05) is 49.9 Å². The molecular weight excluding hydrogens is 194 g/mol. The topological polar surface area (TPSA) is 26.0 Å². The third kappa shape index (κ3) is 1.78. The molecule has 1 fully saturated rings. The molecule has 0 saturated heterocycles. The van der Waals surface area contributed by atoms with Gasteiger partial charge in [-0.2, -0.15) is 0 Å². The Hall–Kier alpha value is -0.820. The number of rotatable bonds is 2. The lowest BCUT2D eigenvalue weighted by Crippen LogP contribution is -2.19. The molecule has 1 saturated carbocycles. The highest BCUT2D eigenvalue weighted by Gasteiger charge is 2.31. The van der Waals surface area contributed by atoms with E-state index >= 15 is 0 Å². The van der Waals surface area contributed by atoms with E-state index in [2.05, 4.69) is 24.3 Å². The minimum atomic E-state index is 0.303. The summed E-state index contributed by atoms with van der Waals surface area (Å²) in [5, 5.41) is 0. The van der Waals surface area contributed by atoms with Crippen molar-refractivity contribution in [2.45, 2.75) is 44.6 Å². The van der Waals surface area contributed by atoms with Gasteiger partial charge in [-0.05, 0) is 35.8 Å². The van der Waals surface area contributed by atoms with Crippen LogP contribution >= 0.6 is 0 Å². The summed E-state index contributed by atoms with van der Waals surface area (Å²) in [4.78, 5) is 0. The minimum Gasteiger partial charge on any atom is -0.324 e. The summed E-state index contributed by atoms with van der Waals surface area (Å²) in [6, 6.07) is 9.04. The van der Waals surface area contributed by atoms with Crippen LogP contribution in [0.2, 0.25) is 0 Å². The van der Waals surface area contributed by atoms with Gasteiger partial charge in [-0.3, -0.25) is 0 Å². The Bertz CT molecular complexity index is 365. The van der Waals surface area contributed by atoms with Crippen LogP contribution in [0.4, 0.5) is 0 Å². The van der Waals surface area contributed by atoms with Gasteiger partial charge in [0, 0.05) is 6.04 Å². The molecule has 2 atom stereocenters. The van der Waals surface area contributed by atoms with Crippen molar-refractivity contribution in [1.82, 2.24) is 0 Å². The van der Waals surface area contributed by atoms with E-state index in [9.17, 15) is 0 Å². The van der Waals surface area contributed by atoms with Crippen LogP contribution in [0.1, 0.15) is 49.3 Å². The number of hydrogen-bond donors (Lipinski definition) is 1. The molecule has 2 aliphatic rings. The van der Waals surface area contributed by atoms with E-state index in [1.54, 1.807) is 0 Å². The summed E-state index contributed by atoms with van der Waals surface area (Å²) in [7, 11) is 0.